The molecule has 0 aliphatic carbocycles. The quantitative estimate of drug-likeness (QED) is 0.805. The molecule has 0 aromatic heterocycles. The van der Waals surface area contributed by atoms with Crippen LogP contribution in [0.1, 0.15) is 18.1 Å². The summed E-state index contributed by atoms with van der Waals surface area (Å²) in [6, 6.07) is 7.51. The Morgan fingerprint density at radius 3 is 2.76 bits per heavy atom. The van der Waals surface area contributed by atoms with Gasteiger partial charge in [-0.25, -0.2) is 0 Å². The van der Waals surface area contributed by atoms with E-state index in [1.807, 2.05) is 36.0 Å². The molecule has 1 aromatic rings. The van der Waals surface area contributed by atoms with Crippen molar-refractivity contribution in [2.24, 2.45) is 0 Å². The highest BCUT2D eigenvalue weighted by molar-refractivity contribution is 7.99. The molecule has 1 aliphatic heterocycles. The van der Waals surface area contributed by atoms with E-state index in [-0.39, 0.29) is 0 Å². The standard InChI is InChI=1S/C13H20N2OS/c14-12-4-2-11(3-5-12)13(16)10-15-6-1-8-17-9-7-15/h2-5,13,16H,1,6-10,14H2. The summed E-state index contributed by atoms with van der Waals surface area (Å²) in [5.41, 5.74) is 7.33. The zero-order valence-corrected chi connectivity index (χ0v) is 10.8. The van der Waals surface area contributed by atoms with Gasteiger partial charge in [-0.05, 0) is 36.4 Å². The van der Waals surface area contributed by atoms with Crippen LogP contribution in [0.25, 0.3) is 0 Å². The van der Waals surface area contributed by atoms with E-state index in [4.69, 9.17) is 5.73 Å². The molecule has 0 radical (unpaired) electrons. The fourth-order valence-electron chi connectivity index (χ4n) is 2.05. The van der Waals surface area contributed by atoms with Gasteiger partial charge < -0.3 is 10.8 Å². The van der Waals surface area contributed by atoms with Crippen LogP contribution in [-0.4, -0.2) is 41.1 Å². The minimum Gasteiger partial charge on any atom is -0.399 e. The fourth-order valence-corrected chi connectivity index (χ4v) is 2.97. The lowest BCUT2D eigenvalue weighted by molar-refractivity contribution is 0.117. The van der Waals surface area contributed by atoms with E-state index in [1.165, 1.54) is 17.9 Å². The molecule has 1 aliphatic rings. The first kappa shape index (κ1) is 12.7. The molecule has 1 heterocycles. The smallest absolute Gasteiger partial charge is 0.0916 e. The monoisotopic (exact) mass is 252 g/mol. The van der Waals surface area contributed by atoms with Gasteiger partial charge in [0.25, 0.3) is 0 Å². The van der Waals surface area contributed by atoms with Gasteiger partial charge in [-0.15, -0.1) is 0 Å². The first-order chi connectivity index (χ1) is 8.25. The van der Waals surface area contributed by atoms with Crippen LogP contribution in [0.15, 0.2) is 24.3 Å². The van der Waals surface area contributed by atoms with E-state index >= 15 is 0 Å². The first-order valence-electron chi connectivity index (χ1n) is 6.09. The van der Waals surface area contributed by atoms with Gasteiger partial charge in [0.1, 0.15) is 0 Å². The van der Waals surface area contributed by atoms with Crippen LogP contribution < -0.4 is 5.73 Å². The number of aliphatic hydroxyl groups excluding tert-OH is 1. The highest BCUT2D eigenvalue weighted by Crippen LogP contribution is 2.18. The van der Waals surface area contributed by atoms with Crippen LogP contribution >= 0.6 is 11.8 Å². The summed E-state index contributed by atoms with van der Waals surface area (Å²) in [5.74, 6) is 2.42. The third kappa shape index (κ3) is 3.91. The minimum atomic E-state index is -0.404. The van der Waals surface area contributed by atoms with Gasteiger partial charge in [0.05, 0.1) is 6.10 Å². The van der Waals surface area contributed by atoms with E-state index in [9.17, 15) is 5.11 Å². The van der Waals surface area contributed by atoms with Crippen LogP contribution in [-0.2, 0) is 0 Å². The van der Waals surface area contributed by atoms with Crippen molar-refractivity contribution >= 4 is 17.4 Å². The molecule has 94 valence electrons. The maximum absolute atomic E-state index is 10.2. The number of benzene rings is 1. The number of β-amino-alcohol motifs (C(OH)–C–C–N with tert-alkyl or cyclic N) is 1. The van der Waals surface area contributed by atoms with Crippen LogP contribution in [0.3, 0.4) is 0 Å². The molecule has 1 fully saturated rings. The third-order valence-corrected chi connectivity index (χ3v) is 4.12. The second-order valence-corrected chi connectivity index (χ2v) is 5.67. The lowest BCUT2D eigenvalue weighted by Gasteiger charge is -2.23. The first-order valence-corrected chi connectivity index (χ1v) is 7.25. The molecular weight excluding hydrogens is 232 g/mol. The molecule has 0 saturated carbocycles. The summed E-state index contributed by atoms with van der Waals surface area (Å²) < 4.78 is 0. The van der Waals surface area contributed by atoms with Crippen molar-refractivity contribution < 1.29 is 5.11 Å². The zero-order chi connectivity index (χ0) is 12.1. The Hall–Kier alpha value is -0.710. The number of nitrogen functional groups attached to an aromatic ring is 1. The Morgan fingerprint density at radius 1 is 1.24 bits per heavy atom. The molecule has 0 bridgehead atoms. The van der Waals surface area contributed by atoms with Crippen molar-refractivity contribution in [2.75, 3.05) is 36.9 Å². The highest BCUT2D eigenvalue weighted by atomic mass is 32.2. The van der Waals surface area contributed by atoms with E-state index in [0.717, 1.165) is 30.9 Å². The molecule has 1 aromatic carbocycles. The molecule has 3 N–H and O–H groups in total. The largest absolute Gasteiger partial charge is 0.399 e. The van der Waals surface area contributed by atoms with E-state index in [1.54, 1.807) is 0 Å². The van der Waals surface area contributed by atoms with Crippen molar-refractivity contribution in [2.45, 2.75) is 12.5 Å². The van der Waals surface area contributed by atoms with Gasteiger partial charge in [-0.1, -0.05) is 12.1 Å². The molecule has 1 atom stereocenters. The maximum Gasteiger partial charge on any atom is 0.0916 e. The highest BCUT2D eigenvalue weighted by Gasteiger charge is 2.14. The topological polar surface area (TPSA) is 49.5 Å². The Labute approximate surface area is 107 Å². The van der Waals surface area contributed by atoms with Gasteiger partial charge in [0.2, 0.25) is 0 Å². The predicted molar refractivity (Wildman–Crippen MR) is 74.2 cm³/mol. The number of hydrogen-bond acceptors (Lipinski definition) is 4. The summed E-state index contributed by atoms with van der Waals surface area (Å²) in [5, 5.41) is 10.2. The number of thioether (sulfide) groups is 1. The number of nitrogens with two attached hydrogens (primary N) is 1. The molecule has 4 heteroatoms. The Morgan fingerprint density at radius 2 is 2.00 bits per heavy atom. The van der Waals surface area contributed by atoms with Crippen molar-refractivity contribution in [3.8, 4) is 0 Å². The molecule has 0 spiro atoms. The average Bonchev–Trinajstić information content (AvgIpc) is 2.58. The van der Waals surface area contributed by atoms with E-state index in [0.29, 0.717) is 0 Å². The van der Waals surface area contributed by atoms with Crippen molar-refractivity contribution in [1.82, 2.24) is 4.90 Å². The second kappa shape index (κ2) is 6.28. The predicted octanol–water partition coefficient (Wildman–Crippen LogP) is 1.74. The number of nitrogens with zero attached hydrogens (tertiary/aromatic N) is 1. The van der Waals surface area contributed by atoms with Gasteiger partial charge in [-0.3, -0.25) is 4.90 Å². The van der Waals surface area contributed by atoms with E-state index < -0.39 is 6.10 Å². The molecule has 3 nitrogen and oxygen atoms in total. The van der Waals surface area contributed by atoms with Crippen LogP contribution in [0.5, 0.6) is 0 Å². The lowest BCUT2D eigenvalue weighted by atomic mass is 10.1. The van der Waals surface area contributed by atoms with Crippen molar-refractivity contribution in [3.63, 3.8) is 0 Å². The van der Waals surface area contributed by atoms with Gasteiger partial charge in [-0.2, -0.15) is 11.8 Å². The minimum absolute atomic E-state index is 0.404. The van der Waals surface area contributed by atoms with Crippen molar-refractivity contribution in [1.29, 1.82) is 0 Å². The Bertz CT molecular complexity index is 334. The van der Waals surface area contributed by atoms with Gasteiger partial charge in [0, 0.05) is 24.5 Å². The molecule has 1 saturated heterocycles. The number of hydrogen-bond donors (Lipinski definition) is 2. The number of rotatable bonds is 3. The third-order valence-electron chi connectivity index (χ3n) is 3.07. The van der Waals surface area contributed by atoms with Crippen LogP contribution in [0.2, 0.25) is 0 Å². The molecule has 1 unspecified atom stereocenters. The van der Waals surface area contributed by atoms with Gasteiger partial charge >= 0.3 is 0 Å². The van der Waals surface area contributed by atoms with Crippen LogP contribution in [0, 0.1) is 0 Å². The SMILES string of the molecule is Nc1ccc(C(O)CN2CCCSCC2)cc1. The second-order valence-electron chi connectivity index (χ2n) is 4.45. The molecule has 2 rings (SSSR count). The number of anilines is 1. The Balaban J connectivity index is 1.91. The molecular formula is C13H20N2OS. The summed E-state index contributed by atoms with van der Waals surface area (Å²) >= 11 is 2.00. The van der Waals surface area contributed by atoms with Crippen molar-refractivity contribution in [3.05, 3.63) is 29.8 Å². The summed E-state index contributed by atoms with van der Waals surface area (Å²) in [7, 11) is 0. The molecule has 0 amide bonds. The molecule has 17 heavy (non-hydrogen) atoms. The normalized spacial score (nSPS) is 19.8. The summed E-state index contributed by atoms with van der Waals surface area (Å²) in [4.78, 5) is 2.35. The Kier molecular flexibility index (Phi) is 4.71. The fraction of sp³-hybridized carbons (Fsp3) is 0.538. The zero-order valence-electron chi connectivity index (χ0n) is 10.0. The lowest BCUT2D eigenvalue weighted by Crippen LogP contribution is -2.30. The van der Waals surface area contributed by atoms with Gasteiger partial charge in [0.15, 0.2) is 0 Å². The van der Waals surface area contributed by atoms with Crippen LogP contribution in [0.4, 0.5) is 5.69 Å². The van der Waals surface area contributed by atoms with E-state index in [2.05, 4.69) is 4.90 Å². The number of aliphatic hydroxyl groups is 1. The maximum atomic E-state index is 10.2. The summed E-state index contributed by atoms with van der Waals surface area (Å²) in [6.45, 7) is 2.90. The average molecular weight is 252 g/mol. The summed E-state index contributed by atoms with van der Waals surface area (Å²) in [6.07, 6.45) is 0.817.